The molecule has 1 rings (SSSR count). The quantitative estimate of drug-likeness (QED) is 0.758. The molecule has 5 heteroatoms. The van der Waals surface area contributed by atoms with Crippen LogP contribution in [0.25, 0.3) is 0 Å². The summed E-state index contributed by atoms with van der Waals surface area (Å²) in [5.74, 6) is -0.303. The molecule has 0 saturated heterocycles. The summed E-state index contributed by atoms with van der Waals surface area (Å²) in [6.07, 6.45) is 0.378. The summed E-state index contributed by atoms with van der Waals surface area (Å²) in [6, 6.07) is 3.79. The van der Waals surface area contributed by atoms with Crippen LogP contribution in [0.15, 0.2) is 18.2 Å². The molecule has 94 valence electrons. The highest BCUT2D eigenvalue weighted by atomic mass is 19.1. The minimum absolute atomic E-state index is 0.0287. The fourth-order valence-corrected chi connectivity index (χ4v) is 1.34. The van der Waals surface area contributed by atoms with Crippen molar-refractivity contribution >= 4 is 5.91 Å². The number of hydrogen-bond acceptors (Lipinski definition) is 3. The number of aromatic hydroxyl groups is 1. The third kappa shape index (κ3) is 4.40. The zero-order valence-electron chi connectivity index (χ0n) is 10.0. The number of benzene rings is 1. The average molecular weight is 240 g/mol. The van der Waals surface area contributed by atoms with E-state index in [-0.39, 0.29) is 17.5 Å². The largest absolute Gasteiger partial charge is 0.508 e. The number of phenols is 1. The Balaban J connectivity index is 2.36. The second kappa shape index (κ2) is 6.20. The molecule has 0 aliphatic rings. The molecule has 0 bridgehead atoms. The van der Waals surface area contributed by atoms with Gasteiger partial charge in [0, 0.05) is 39.2 Å². The van der Waals surface area contributed by atoms with Gasteiger partial charge in [-0.05, 0) is 18.2 Å². The van der Waals surface area contributed by atoms with Crippen LogP contribution in [-0.2, 0) is 11.3 Å². The minimum atomic E-state index is -0.385. The van der Waals surface area contributed by atoms with Crippen molar-refractivity contribution in [3.05, 3.63) is 29.6 Å². The van der Waals surface area contributed by atoms with Crippen LogP contribution in [0.5, 0.6) is 5.75 Å². The molecule has 0 atom stereocenters. The lowest BCUT2D eigenvalue weighted by atomic mass is 10.2. The highest BCUT2D eigenvalue weighted by molar-refractivity contribution is 5.75. The van der Waals surface area contributed by atoms with Gasteiger partial charge in [-0.2, -0.15) is 0 Å². The van der Waals surface area contributed by atoms with E-state index < -0.39 is 0 Å². The highest BCUT2D eigenvalue weighted by Crippen LogP contribution is 2.17. The number of halogens is 1. The Morgan fingerprint density at radius 2 is 2.18 bits per heavy atom. The maximum atomic E-state index is 12.9. The van der Waals surface area contributed by atoms with Gasteiger partial charge in [-0.3, -0.25) is 4.79 Å². The van der Waals surface area contributed by atoms with Gasteiger partial charge >= 0.3 is 0 Å². The first-order valence-electron chi connectivity index (χ1n) is 5.39. The van der Waals surface area contributed by atoms with Gasteiger partial charge in [0.05, 0.1) is 0 Å². The van der Waals surface area contributed by atoms with Crippen LogP contribution in [0.4, 0.5) is 4.39 Å². The first-order valence-corrected chi connectivity index (χ1v) is 5.39. The number of carbonyl (C=O) groups excluding carboxylic acids is 1. The fraction of sp³-hybridized carbons (Fsp3) is 0.417. The van der Waals surface area contributed by atoms with E-state index in [1.165, 1.54) is 23.1 Å². The lowest BCUT2D eigenvalue weighted by Crippen LogP contribution is -2.26. The molecule has 0 aliphatic heterocycles. The summed E-state index contributed by atoms with van der Waals surface area (Å²) >= 11 is 0. The van der Waals surface area contributed by atoms with E-state index in [0.29, 0.717) is 25.1 Å². The van der Waals surface area contributed by atoms with Gasteiger partial charge in [0.2, 0.25) is 5.91 Å². The Morgan fingerprint density at radius 1 is 1.47 bits per heavy atom. The Kier molecular flexibility index (Phi) is 4.90. The van der Waals surface area contributed by atoms with Gasteiger partial charge in [-0.25, -0.2) is 4.39 Å². The summed E-state index contributed by atoms with van der Waals surface area (Å²) < 4.78 is 12.9. The first kappa shape index (κ1) is 13.4. The molecule has 17 heavy (non-hydrogen) atoms. The summed E-state index contributed by atoms with van der Waals surface area (Å²) in [5.41, 5.74) is 0.488. The Morgan fingerprint density at radius 3 is 2.82 bits per heavy atom. The summed E-state index contributed by atoms with van der Waals surface area (Å²) in [5, 5.41) is 12.4. The molecule has 4 nitrogen and oxygen atoms in total. The van der Waals surface area contributed by atoms with Crippen molar-refractivity contribution in [1.82, 2.24) is 10.2 Å². The van der Waals surface area contributed by atoms with E-state index in [9.17, 15) is 14.3 Å². The number of nitrogens with one attached hydrogen (secondary N) is 1. The molecular weight excluding hydrogens is 223 g/mol. The van der Waals surface area contributed by atoms with Crippen molar-refractivity contribution in [2.75, 3.05) is 20.6 Å². The second-order valence-electron chi connectivity index (χ2n) is 3.99. The van der Waals surface area contributed by atoms with Crippen LogP contribution < -0.4 is 5.32 Å². The number of hydrogen-bond donors (Lipinski definition) is 2. The van der Waals surface area contributed by atoms with E-state index in [0.717, 1.165) is 0 Å². The number of nitrogens with zero attached hydrogens (tertiary/aromatic N) is 1. The van der Waals surface area contributed by atoms with Crippen molar-refractivity contribution in [2.45, 2.75) is 13.0 Å². The van der Waals surface area contributed by atoms with Gasteiger partial charge in [0.1, 0.15) is 11.6 Å². The van der Waals surface area contributed by atoms with Crippen LogP contribution in [0.1, 0.15) is 12.0 Å². The van der Waals surface area contributed by atoms with E-state index in [1.54, 1.807) is 14.1 Å². The van der Waals surface area contributed by atoms with Crippen LogP contribution in [0.3, 0.4) is 0 Å². The van der Waals surface area contributed by atoms with E-state index in [2.05, 4.69) is 5.32 Å². The van der Waals surface area contributed by atoms with Crippen LogP contribution >= 0.6 is 0 Å². The van der Waals surface area contributed by atoms with Gasteiger partial charge in [0.15, 0.2) is 0 Å². The molecule has 0 unspecified atom stereocenters. The fourth-order valence-electron chi connectivity index (χ4n) is 1.34. The number of phenolic OH excluding ortho intramolecular Hbond substituents is 1. The first-order chi connectivity index (χ1) is 8.00. The van der Waals surface area contributed by atoms with Crippen molar-refractivity contribution in [3.63, 3.8) is 0 Å². The number of carbonyl (C=O) groups is 1. The zero-order valence-corrected chi connectivity index (χ0v) is 10.0. The summed E-state index contributed by atoms with van der Waals surface area (Å²) in [7, 11) is 3.39. The zero-order chi connectivity index (χ0) is 12.8. The normalized spacial score (nSPS) is 10.3. The predicted molar refractivity (Wildman–Crippen MR) is 63.1 cm³/mol. The lowest BCUT2D eigenvalue weighted by Gasteiger charge is -2.11. The van der Waals surface area contributed by atoms with E-state index in [1.807, 2.05) is 0 Å². The number of rotatable bonds is 5. The Labute approximate surface area is 100 Å². The van der Waals surface area contributed by atoms with Gasteiger partial charge in [-0.1, -0.05) is 0 Å². The maximum absolute atomic E-state index is 12.9. The third-order valence-corrected chi connectivity index (χ3v) is 2.37. The van der Waals surface area contributed by atoms with Gasteiger partial charge in [-0.15, -0.1) is 0 Å². The van der Waals surface area contributed by atoms with Crippen LogP contribution in [-0.4, -0.2) is 36.6 Å². The van der Waals surface area contributed by atoms with Crippen molar-refractivity contribution in [1.29, 1.82) is 0 Å². The van der Waals surface area contributed by atoms with E-state index in [4.69, 9.17) is 0 Å². The molecule has 0 heterocycles. The smallest absolute Gasteiger partial charge is 0.223 e. The summed E-state index contributed by atoms with van der Waals surface area (Å²) in [6.45, 7) is 0.831. The van der Waals surface area contributed by atoms with Gasteiger partial charge in [0.25, 0.3) is 0 Å². The highest BCUT2D eigenvalue weighted by Gasteiger charge is 2.05. The van der Waals surface area contributed by atoms with E-state index >= 15 is 0 Å². The SMILES string of the molecule is CN(C)C(=O)CCNCc1cc(F)ccc1O. The molecule has 1 aromatic carbocycles. The molecule has 1 aromatic rings. The predicted octanol–water partition coefficient (Wildman–Crippen LogP) is 1.10. The van der Waals surface area contributed by atoms with Crippen molar-refractivity contribution in [2.24, 2.45) is 0 Å². The van der Waals surface area contributed by atoms with Crippen molar-refractivity contribution < 1.29 is 14.3 Å². The Hall–Kier alpha value is -1.62. The standard InChI is InChI=1S/C12H17FN2O2/c1-15(2)12(17)5-6-14-8-9-7-10(13)3-4-11(9)16/h3-4,7,14,16H,5-6,8H2,1-2H3. The van der Waals surface area contributed by atoms with Crippen LogP contribution in [0, 0.1) is 5.82 Å². The lowest BCUT2D eigenvalue weighted by molar-refractivity contribution is -0.128. The molecular formula is C12H17FN2O2. The molecule has 2 N–H and O–H groups in total. The third-order valence-electron chi connectivity index (χ3n) is 2.37. The minimum Gasteiger partial charge on any atom is -0.508 e. The van der Waals surface area contributed by atoms with Crippen molar-refractivity contribution in [3.8, 4) is 5.75 Å². The van der Waals surface area contributed by atoms with Crippen LogP contribution in [0.2, 0.25) is 0 Å². The molecule has 0 saturated carbocycles. The molecule has 0 fully saturated rings. The topological polar surface area (TPSA) is 52.6 Å². The second-order valence-corrected chi connectivity index (χ2v) is 3.99. The number of amides is 1. The Bertz CT molecular complexity index is 394. The monoisotopic (exact) mass is 240 g/mol. The molecule has 0 radical (unpaired) electrons. The maximum Gasteiger partial charge on any atom is 0.223 e. The molecule has 0 aliphatic carbocycles. The molecule has 0 aromatic heterocycles. The molecule has 0 spiro atoms. The van der Waals surface area contributed by atoms with Gasteiger partial charge < -0.3 is 15.3 Å². The summed E-state index contributed by atoms with van der Waals surface area (Å²) in [4.78, 5) is 12.8. The molecule has 1 amide bonds. The average Bonchev–Trinajstić information content (AvgIpc) is 2.28.